The van der Waals surface area contributed by atoms with E-state index < -0.39 is 0 Å². The number of aromatic nitrogens is 2. The average Bonchev–Trinajstić information content (AvgIpc) is 3.07. The van der Waals surface area contributed by atoms with Gasteiger partial charge in [-0.3, -0.25) is 4.79 Å². The Bertz CT molecular complexity index is 805. The maximum atomic E-state index is 13.1. The molecule has 0 spiro atoms. The number of imidazole rings is 1. The smallest absolute Gasteiger partial charge is 0.185 e. The highest BCUT2D eigenvalue weighted by Crippen LogP contribution is 2.11. The Hall–Kier alpha value is -3.01. The maximum absolute atomic E-state index is 13.1. The summed E-state index contributed by atoms with van der Waals surface area (Å²) in [6.07, 6.45) is 8.28. The summed E-state index contributed by atoms with van der Waals surface area (Å²) >= 11 is 0. The summed E-state index contributed by atoms with van der Waals surface area (Å²) < 4.78 is 14.9. The van der Waals surface area contributed by atoms with E-state index in [2.05, 4.69) is 4.98 Å². The van der Waals surface area contributed by atoms with Gasteiger partial charge in [0.15, 0.2) is 5.78 Å². The summed E-state index contributed by atoms with van der Waals surface area (Å²) in [5.41, 5.74) is 2.17. The number of carbonyl (C=O) groups excluding carboxylic acids is 1. The van der Waals surface area contributed by atoms with E-state index in [1.54, 1.807) is 42.9 Å². The average molecular weight is 292 g/mol. The normalized spacial score (nSPS) is 11.0. The highest BCUT2D eigenvalue weighted by Gasteiger charge is 2.02. The molecule has 0 bridgehead atoms. The van der Waals surface area contributed by atoms with Crippen molar-refractivity contribution >= 4 is 11.9 Å². The van der Waals surface area contributed by atoms with Crippen LogP contribution in [0.2, 0.25) is 0 Å². The molecule has 0 atom stereocenters. The molecule has 0 radical (unpaired) electrons. The third kappa shape index (κ3) is 3.17. The quantitative estimate of drug-likeness (QED) is 0.540. The lowest BCUT2D eigenvalue weighted by molar-refractivity contribution is 0.104. The number of allylic oxidation sites excluding steroid dienone is 1. The Morgan fingerprint density at radius 1 is 1.14 bits per heavy atom. The number of carbonyl (C=O) groups is 1. The lowest BCUT2D eigenvalue weighted by Gasteiger charge is -2.02. The first-order chi connectivity index (χ1) is 10.7. The fourth-order valence-corrected chi connectivity index (χ4v) is 2.09. The number of hydrogen-bond acceptors (Lipinski definition) is 2. The SMILES string of the molecule is O=C(/C=C/c1cccc(F)c1)c1ccc(-n2ccnc2)cc1. The van der Waals surface area contributed by atoms with Crippen LogP contribution in [0, 0.1) is 5.82 Å². The lowest BCUT2D eigenvalue weighted by Crippen LogP contribution is -1.96. The van der Waals surface area contributed by atoms with E-state index in [0.717, 1.165) is 5.69 Å². The van der Waals surface area contributed by atoms with Gasteiger partial charge >= 0.3 is 0 Å². The Labute approximate surface area is 127 Å². The Morgan fingerprint density at radius 2 is 1.95 bits per heavy atom. The van der Waals surface area contributed by atoms with Gasteiger partial charge in [0, 0.05) is 23.6 Å². The number of hydrogen-bond donors (Lipinski definition) is 0. The molecule has 0 fully saturated rings. The molecule has 0 N–H and O–H groups in total. The van der Waals surface area contributed by atoms with Crippen molar-refractivity contribution in [2.75, 3.05) is 0 Å². The van der Waals surface area contributed by atoms with Crippen LogP contribution in [0.5, 0.6) is 0 Å². The second-order valence-corrected chi connectivity index (χ2v) is 4.77. The van der Waals surface area contributed by atoms with Gasteiger partial charge in [0.05, 0.1) is 6.33 Å². The van der Waals surface area contributed by atoms with Crippen LogP contribution in [0.15, 0.2) is 73.3 Å². The molecule has 0 saturated carbocycles. The van der Waals surface area contributed by atoms with E-state index >= 15 is 0 Å². The molecule has 3 nitrogen and oxygen atoms in total. The zero-order valence-corrected chi connectivity index (χ0v) is 11.7. The summed E-state index contributed by atoms with van der Waals surface area (Å²) in [6, 6.07) is 13.3. The van der Waals surface area contributed by atoms with Crippen LogP contribution >= 0.6 is 0 Å². The van der Waals surface area contributed by atoms with Crippen molar-refractivity contribution in [1.29, 1.82) is 0 Å². The number of benzene rings is 2. The highest BCUT2D eigenvalue weighted by molar-refractivity contribution is 6.06. The number of nitrogens with zero attached hydrogens (tertiary/aromatic N) is 2. The Kier molecular flexibility index (Phi) is 3.92. The van der Waals surface area contributed by atoms with E-state index in [9.17, 15) is 9.18 Å². The van der Waals surface area contributed by atoms with Gasteiger partial charge in [-0.25, -0.2) is 9.37 Å². The van der Waals surface area contributed by atoms with E-state index in [-0.39, 0.29) is 11.6 Å². The van der Waals surface area contributed by atoms with Gasteiger partial charge < -0.3 is 4.57 Å². The van der Waals surface area contributed by atoms with Crippen molar-refractivity contribution in [3.05, 3.63) is 90.3 Å². The minimum Gasteiger partial charge on any atom is -0.306 e. The minimum atomic E-state index is -0.320. The second kappa shape index (κ2) is 6.18. The van der Waals surface area contributed by atoms with Crippen LogP contribution in [0.25, 0.3) is 11.8 Å². The molecular weight excluding hydrogens is 279 g/mol. The van der Waals surface area contributed by atoms with Crippen molar-refractivity contribution < 1.29 is 9.18 Å². The van der Waals surface area contributed by atoms with Crippen molar-refractivity contribution in [2.24, 2.45) is 0 Å². The molecule has 3 rings (SSSR count). The summed E-state index contributed by atoms with van der Waals surface area (Å²) in [5.74, 6) is -0.444. The van der Waals surface area contributed by atoms with Crippen molar-refractivity contribution in [3.63, 3.8) is 0 Å². The van der Waals surface area contributed by atoms with E-state index in [0.29, 0.717) is 11.1 Å². The number of halogens is 1. The predicted molar refractivity (Wildman–Crippen MR) is 83.3 cm³/mol. The summed E-state index contributed by atoms with van der Waals surface area (Å²) in [4.78, 5) is 16.1. The second-order valence-electron chi connectivity index (χ2n) is 4.77. The third-order valence-corrected chi connectivity index (χ3v) is 3.23. The van der Waals surface area contributed by atoms with Gasteiger partial charge in [-0.1, -0.05) is 18.2 Å². The minimum absolute atomic E-state index is 0.124. The van der Waals surface area contributed by atoms with Gasteiger partial charge in [-0.05, 0) is 48.0 Å². The van der Waals surface area contributed by atoms with Gasteiger partial charge in [-0.2, -0.15) is 0 Å². The number of ketones is 1. The molecule has 0 aliphatic heterocycles. The zero-order valence-electron chi connectivity index (χ0n) is 11.7. The maximum Gasteiger partial charge on any atom is 0.185 e. The van der Waals surface area contributed by atoms with Crippen LogP contribution in [-0.2, 0) is 0 Å². The molecule has 0 saturated heterocycles. The van der Waals surface area contributed by atoms with Crippen LogP contribution < -0.4 is 0 Å². The van der Waals surface area contributed by atoms with Crippen molar-refractivity contribution in [2.45, 2.75) is 0 Å². The molecular formula is C18H13FN2O. The van der Waals surface area contributed by atoms with Crippen molar-refractivity contribution in [1.82, 2.24) is 9.55 Å². The fourth-order valence-electron chi connectivity index (χ4n) is 2.09. The monoisotopic (exact) mass is 292 g/mol. The zero-order chi connectivity index (χ0) is 15.4. The predicted octanol–water partition coefficient (Wildman–Crippen LogP) is 3.91. The number of rotatable bonds is 4. The highest BCUT2D eigenvalue weighted by atomic mass is 19.1. The molecule has 0 unspecified atom stereocenters. The molecule has 4 heteroatoms. The first-order valence-electron chi connectivity index (χ1n) is 6.79. The molecule has 0 aliphatic rings. The molecule has 22 heavy (non-hydrogen) atoms. The molecule has 2 aromatic carbocycles. The molecule has 0 amide bonds. The van der Waals surface area contributed by atoms with Crippen LogP contribution in [0.4, 0.5) is 4.39 Å². The molecule has 3 aromatic rings. The Balaban J connectivity index is 1.75. The molecule has 1 heterocycles. The van der Waals surface area contributed by atoms with Crippen LogP contribution in [0.1, 0.15) is 15.9 Å². The van der Waals surface area contributed by atoms with Crippen LogP contribution in [-0.4, -0.2) is 15.3 Å². The molecule has 1 aromatic heterocycles. The van der Waals surface area contributed by atoms with Crippen molar-refractivity contribution in [3.8, 4) is 5.69 Å². The molecule has 0 aliphatic carbocycles. The van der Waals surface area contributed by atoms with Gasteiger partial charge in [0.25, 0.3) is 0 Å². The molecule has 108 valence electrons. The summed E-state index contributed by atoms with van der Waals surface area (Å²) in [6.45, 7) is 0. The lowest BCUT2D eigenvalue weighted by atomic mass is 10.1. The van der Waals surface area contributed by atoms with E-state index in [1.807, 2.05) is 22.9 Å². The van der Waals surface area contributed by atoms with Gasteiger partial charge in [-0.15, -0.1) is 0 Å². The van der Waals surface area contributed by atoms with Crippen LogP contribution in [0.3, 0.4) is 0 Å². The standard InChI is InChI=1S/C18H13FN2O/c19-16-3-1-2-14(12-16)4-9-18(22)15-5-7-17(8-6-15)21-11-10-20-13-21/h1-13H/b9-4+. The topological polar surface area (TPSA) is 34.9 Å². The van der Waals surface area contributed by atoms with Gasteiger partial charge in [0.2, 0.25) is 0 Å². The largest absolute Gasteiger partial charge is 0.306 e. The van der Waals surface area contributed by atoms with Gasteiger partial charge in [0.1, 0.15) is 5.82 Å². The first-order valence-corrected chi connectivity index (χ1v) is 6.79. The summed E-state index contributed by atoms with van der Waals surface area (Å²) in [7, 11) is 0. The fraction of sp³-hybridized carbons (Fsp3) is 0. The first kappa shape index (κ1) is 13.9. The third-order valence-electron chi connectivity index (χ3n) is 3.23. The summed E-state index contributed by atoms with van der Waals surface area (Å²) in [5, 5.41) is 0. The van der Waals surface area contributed by atoms with E-state index in [1.165, 1.54) is 18.2 Å². The van der Waals surface area contributed by atoms with E-state index in [4.69, 9.17) is 0 Å². The Morgan fingerprint density at radius 3 is 2.64 bits per heavy atom.